The molecule has 0 aliphatic rings. The van der Waals surface area contributed by atoms with Gasteiger partial charge in [0.2, 0.25) is 0 Å². The fourth-order valence-electron chi connectivity index (χ4n) is 1.10. The third-order valence-corrected chi connectivity index (χ3v) is 1.65. The highest BCUT2D eigenvalue weighted by Gasteiger charge is 2.21. The first-order valence-electron chi connectivity index (χ1n) is 3.91. The van der Waals surface area contributed by atoms with Gasteiger partial charge in [0, 0.05) is 6.54 Å². The normalized spacial score (nSPS) is 12.0. The van der Waals surface area contributed by atoms with E-state index in [1.54, 1.807) is 0 Å². The van der Waals surface area contributed by atoms with Crippen LogP contribution in [-0.2, 0) is 12.1 Å². The molecule has 0 radical (unpaired) electrons. The molecular weight excluding hydrogens is 156 g/mol. The summed E-state index contributed by atoms with van der Waals surface area (Å²) in [7, 11) is 0. The van der Waals surface area contributed by atoms with Crippen molar-refractivity contribution in [2.45, 2.75) is 32.9 Å². The molecule has 0 aliphatic carbocycles. The Bertz CT molecular complexity index is 317. The van der Waals surface area contributed by atoms with E-state index in [4.69, 9.17) is 5.73 Å². The van der Waals surface area contributed by atoms with Crippen molar-refractivity contribution in [2.75, 3.05) is 0 Å². The summed E-state index contributed by atoms with van der Waals surface area (Å²) in [6.07, 6.45) is 0. The van der Waals surface area contributed by atoms with Gasteiger partial charge < -0.3 is 5.73 Å². The summed E-state index contributed by atoms with van der Waals surface area (Å²) in [5.41, 5.74) is 5.03. The lowest BCUT2D eigenvalue weighted by molar-refractivity contribution is 0.476. The molecule has 3 N–H and O–H groups in total. The van der Waals surface area contributed by atoms with Crippen molar-refractivity contribution in [3.63, 3.8) is 0 Å². The molecule has 0 atom stereocenters. The molecule has 0 amide bonds. The maximum atomic E-state index is 11.1. The van der Waals surface area contributed by atoms with Crippen LogP contribution in [0.4, 0.5) is 0 Å². The van der Waals surface area contributed by atoms with E-state index in [0.29, 0.717) is 12.4 Å². The van der Waals surface area contributed by atoms with E-state index in [0.717, 1.165) is 0 Å². The SMILES string of the molecule is CCn1c(C(C)(C)N)n[nH]c1=O. The highest BCUT2D eigenvalue weighted by atomic mass is 16.1. The van der Waals surface area contributed by atoms with Gasteiger partial charge in [-0.25, -0.2) is 9.89 Å². The van der Waals surface area contributed by atoms with Crippen molar-refractivity contribution in [2.24, 2.45) is 5.73 Å². The van der Waals surface area contributed by atoms with E-state index < -0.39 is 5.54 Å². The quantitative estimate of drug-likeness (QED) is 0.644. The van der Waals surface area contributed by atoms with Crippen LogP contribution in [0, 0.1) is 0 Å². The van der Waals surface area contributed by atoms with E-state index in [9.17, 15) is 4.79 Å². The van der Waals surface area contributed by atoms with Crippen molar-refractivity contribution in [3.05, 3.63) is 16.3 Å². The molecule has 0 saturated heterocycles. The molecule has 0 aliphatic heterocycles. The zero-order valence-corrected chi connectivity index (χ0v) is 7.59. The highest BCUT2D eigenvalue weighted by Crippen LogP contribution is 2.10. The molecule has 0 spiro atoms. The van der Waals surface area contributed by atoms with Crippen LogP contribution in [-0.4, -0.2) is 14.8 Å². The number of nitrogens with two attached hydrogens (primary N) is 1. The second-order valence-corrected chi connectivity index (χ2v) is 3.32. The summed E-state index contributed by atoms with van der Waals surface area (Å²) >= 11 is 0. The largest absolute Gasteiger partial charge is 0.343 e. The average molecular weight is 170 g/mol. The molecular formula is C7H14N4O. The molecule has 0 fully saturated rings. The monoisotopic (exact) mass is 170 g/mol. The second-order valence-electron chi connectivity index (χ2n) is 3.32. The van der Waals surface area contributed by atoms with Crippen LogP contribution in [0.1, 0.15) is 26.6 Å². The molecule has 0 bridgehead atoms. The standard InChI is InChI=1S/C7H14N4O/c1-4-11-5(7(2,3)8)9-10-6(11)12/h4,8H2,1-3H3,(H,10,12). The molecule has 12 heavy (non-hydrogen) atoms. The summed E-state index contributed by atoms with van der Waals surface area (Å²) in [5, 5.41) is 6.23. The lowest BCUT2D eigenvalue weighted by atomic mass is 10.1. The van der Waals surface area contributed by atoms with E-state index in [1.165, 1.54) is 4.57 Å². The van der Waals surface area contributed by atoms with Crippen molar-refractivity contribution in [1.82, 2.24) is 14.8 Å². The molecule has 1 rings (SSSR count). The van der Waals surface area contributed by atoms with Crippen LogP contribution in [0.3, 0.4) is 0 Å². The molecule has 1 aromatic heterocycles. The van der Waals surface area contributed by atoms with Gasteiger partial charge in [-0.05, 0) is 20.8 Å². The maximum absolute atomic E-state index is 11.1. The number of nitrogens with zero attached hydrogens (tertiary/aromatic N) is 2. The Morgan fingerprint density at radius 1 is 1.67 bits per heavy atom. The Hall–Kier alpha value is -1.10. The van der Waals surface area contributed by atoms with Crippen LogP contribution in [0.2, 0.25) is 0 Å². The van der Waals surface area contributed by atoms with Gasteiger partial charge in [-0.2, -0.15) is 5.10 Å². The van der Waals surface area contributed by atoms with Gasteiger partial charge in [0.1, 0.15) is 0 Å². The number of aromatic nitrogens is 3. The second kappa shape index (κ2) is 2.75. The molecule has 0 unspecified atom stereocenters. The van der Waals surface area contributed by atoms with Crippen LogP contribution < -0.4 is 11.4 Å². The fourth-order valence-corrected chi connectivity index (χ4v) is 1.10. The summed E-state index contributed by atoms with van der Waals surface area (Å²) < 4.78 is 1.53. The van der Waals surface area contributed by atoms with Crippen LogP contribution in [0.25, 0.3) is 0 Å². The zero-order valence-electron chi connectivity index (χ0n) is 7.59. The number of hydrogen-bond donors (Lipinski definition) is 2. The van der Waals surface area contributed by atoms with E-state index >= 15 is 0 Å². The third kappa shape index (κ3) is 1.40. The summed E-state index contributed by atoms with van der Waals surface area (Å²) in [6.45, 7) is 6.10. The minimum Gasteiger partial charge on any atom is -0.319 e. The van der Waals surface area contributed by atoms with Gasteiger partial charge in [0.05, 0.1) is 5.54 Å². The minimum atomic E-state index is -0.574. The highest BCUT2D eigenvalue weighted by molar-refractivity contribution is 5.00. The Kier molecular flexibility index (Phi) is 2.06. The van der Waals surface area contributed by atoms with Crippen LogP contribution in [0.15, 0.2) is 4.79 Å². The lowest BCUT2D eigenvalue weighted by Gasteiger charge is -2.17. The summed E-state index contributed by atoms with van der Waals surface area (Å²) in [6, 6.07) is 0. The number of H-pyrrole nitrogens is 1. The number of rotatable bonds is 2. The summed E-state index contributed by atoms with van der Waals surface area (Å²) in [5.74, 6) is 0.593. The van der Waals surface area contributed by atoms with Crippen molar-refractivity contribution >= 4 is 0 Å². The lowest BCUT2D eigenvalue weighted by Crippen LogP contribution is -2.34. The molecule has 5 nitrogen and oxygen atoms in total. The fraction of sp³-hybridized carbons (Fsp3) is 0.714. The Balaban J connectivity index is 3.26. The molecule has 5 heteroatoms. The first-order valence-corrected chi connectivity index (χ1v) is 3.91. The first-order chi connectivity index (χ1) is 5.46. The Morgan fingerprint density at radius 3 is 2.58 bits per heavy atom. The average Bonchev–Trinajstić information content (AvgIpc) is 2.29. The predicted octanol–water partition coefficient (Wildman–Crippen LogP) is -0.215. The summed E-state index contributed by atoms with van der Waals surface area (Å²) in [4.78, 5) is 11.1. The van der Waals surface area contributed by atoms with Gasteiger partial charge in [-0.15, -0.1) is 0 Å². The minimum absolute atomic E-state index is 0.203. The number of nitrogens with one attached hydrogen (secondary N) is 1. The molecule has 1 heterocycles. The Morgan fingerprint density at radius 2 is 2.25 bits per heavy atom. The van der Waals surface area contributed by atoms with Gasteiger partial charge in [0.15, 0.2) is 5.82 Å². The van der Waals surface area contributed by atoms with Gasteiger partial charge in [-0.3, -0.25) is 4.57 Å². The van der Waals surface area contributed by atoms with Crippen molar-refractivity contribution < 1.29 is 0 Å². The van der Waals surface area contributed by atoms with Crippen molar-refractivity contribution in [3.8, 4) is 0 Å². The third-order valence-electron chi connectivity index (χ3n) is 1.65. The van der Waals surface area contributed by atoms with E-state index in [2.05, 4.69) is 10.2 Å². The van der Waals surface area contributed by atoms with Crippen LogP contribution in [0.5, 0.6) is 0 Å². The molecule has 0 aromatic carbocycles. The zero-order chi connectivity index (χ0) is 9.35. The van der Waals surface area contributed by atoms with Crippen molar-refractivity contribution in [1.29, 1.82) is 0 Å². The topological polar surface area (TPSA) is 76.7 Å². The van der Waals surface area contributed by atoms with Crippen LogP contribution >= 0.6 is 0 Å². The number of hydrogen-bond acceptors (Lipinski definition) is 3. The predicted molar refractivity (Wildman–Crippen MR) is 45.7 cm³/mol. The van der Waals surface area contributed by atoms with Gasteiger partial charge in [-0.1, -0.05) is 0 Å². The van der Waals surface area contributed by atoms with E-state index in [-0.39, 0.29) is 5.69 Å². The van der Waals surface area contributed by atoms with E-state index in [1.807, 2.05) is 20.8 Å². The number of aromatic amines is 1. The van der Waals surface area contributed by atoms with Gasteiger partial charge >= 0.3 is 5.69 Å². The first kappa shape index (κ1) is 8.99. The smallest absolute Gasteiger partial charge is 0.319 e. The Labute approximate surface area is 70.6 Å². The molecule has 0 saturated carbocycles. The van der Waals surface area contributed by atoms with Gasteiger partial charge in [0.25, 0.3) is 0 Å². The molecule has 68 valence electrons. The maximum Gasteiger partial charge on any atom is 0.343 e. The molecule has 1 aromatic rings.